The summed E-state index contributed by atoms with van der Waals surface area (Å²) in [4.78, 5) is 0. The van der Waals surface area contributed by atoms with Crippen molar-refractivity contribution in [3.8, 4) is 11.5 Å². The van der Waals surface area contributed by atoms with Gasteiger partial charge in [-0.3, -0.25) is 0 Å². The fraction of sp³-hybridized carbons (Fsp3) is 0.647. The van der Waals surface area contributed by atoms with Gasteiger partial charge in [0, 0.05) is 18.0 Å². The highest BCUT2D eigenvalue weighted by atomic mass is 16.5. The van der Waals surface area contributed by atoms with Crippen LogP contribution < -0.4 is 15.2 Å². The summed E-state index contributed by atoms with van der Waals surface area (Å²) in [5.74, 6) is 2.42. The van der Waals surface area contributed by atoms with Gasteiger partial charge in [-0.1, -0.05) is 27.2 Å². The molecule has 0 spiro atoms. The summed E-state index contributed by atoms with van der Waals surface area (Å²) in [6.45, 7) is 6.72. The lowest BCUT2D eigenvalue weighted by Crippen LogP contribution is -2.43. The third-order valence-electron chi connectivity index (χ3n) is 4.60. The Morgan fingerprint density at radius 3 is 2.80 bits per heavy atom. The first-order chi connectivity index (χ1) is 9.53. The van der Waals surface area contributed by atoms with Crippen molar-refractivity contribution in [1.29, 1.82) is 0 Å². The van der Waals surface area contributed by atoms with Crippen LogP contribution in [0.15, 0.2) is 18.2 Å². The van der Waals surface area contributed by atoms with Crippen LogP contribution in [0.5, 0.6) is 11.5 Å². The molecule has 3 heteroatoms. The molecule has 0 aliphatic carbocycles. The highest BCUT2D eigenvalue weighted by Crippen LogP contribution is 2.44. The molecular formula is C17H27NO2. The molecule has 1 aliphatic heterocycles. The lowest BCUT2D eigenvalue weighted by atomic mass is 9.79. The van der Waals surface area contributed by atoms with Crippen molar-refractivity contribution >= 4 is 0 Å². The molecule has 1 aromatic rings. The van der Waals surface area contributed by atoms with Crippen molar-refractivity contribution in [3.05, 3.63) is 23.8 Å². The van der Waals surface area contributed by atoms with E-state index in [2.05, 4.69) is 20.8 Å². The molecular weight excluding hydrogens is 250 g/mol. The van der Waals surface area contributed by atoms with Crippen molar-refractivity contribution in [2.24, 2.45) is 11.7 Å². The number of hydrogen-bond acceptors (Lipinski definition) is 3. The molecule has 112 valence electrons. The summed E-state index contributed by atoms with van der Waals surface area (Å²) >= 11 is 0. The van der Waals surface area contributed by atoms with E-state index in [1.807, 2.05) is 18.2 Å². The third kappa shape index (κ3) is 2.93. The number of hydrogen-bond donors (Lipinski definition) is 1. The quantitative estimate of drug-likeness (QED) is 0.882. The maximum Gasteiger partial charge on any atom is 0.125 e. The largest absolute Gasteiger partial charge is 0.497 e. The highest BCUT2D eigenvalue weighted by Gasteiger charge is 2.39. The Kier molecular flexibility index (Phi) is 4.59. The van der Waals surface area contributed by atoms with Crippen LogP contribution in [-0.2, 0) is 0 Å². The minimum Gasteiger partial charge on any atom is -0.497 e. The monoisotopic (exact) mass is 277 g/mol. The Bertz CT molecular complexity index is 460. The Balaban J connectivity index is 2.29. The number of nitrogens with two attached hydrogens (primary N) is 1. The van der Waals surface area contributed by atoms with Crippen LogP contribution in [0, 0.1) is 5.92 Å². The van der Waals surface area contributed by atoms with E-state index in [0.29, 0.717) is 5.92 Å². The lowest BCUT2D eigenvalue weighted by molar-refractivity contribution is 0.0103. The van der Waals surface area contributed by atoms with Gasteiger partial charge in [-0.2, -0.15) is 0 Å². The zero-order chi connectivity index (χ0) is 14.8. The van der Waals surface area contributed by atoms with Crippen molar-refractivity contribution in [2.45, 2.75) is 58.1 Å². The van der Waals surface area contributed by atoms with Gasteiger partial charge < -0.3 is 15.2 Å². The first-order valence-corrected chi connectivity index (χ1v) is 7.66. The minimum absolute atomic E-state index is 0.0258. The number of benzene rings is 1. The van der Waals surface area contributed by atoms with Gasteiger partial charge in [-0.25, -0.2) is 0 Å². The topological polar surface area (TPSA) is 44.5 Å². The Hall–Kier alpha value is -1.22. The molecule has 0 amide bonds. The minimum atomic E-state index is -0.115. The zero-order valence-corrected chi connectivity index (χ0v) is 13.1. The maximum atomic E-state index is 6.40. The first kappa shape index (κ1) is 15.2. The molecule has 0 aromatic heterocycles. The van der Waals surface area contributed by atoms with E-state index >= 15 is 0 Å². The highest BCUT2D eigenvalue weighted by molar-refractivity contribution is 5.44. The molecule has 1 heterocycles. The molecule has 3 atom stereocenters. The second-order valence-electron chi connectivity index (χ2n) is 6.07. The smallest absolute Gasteiger partial charge is 0.125 e. The van der Waals surface area contributed by atoms with Crippen LogP contribution in [0.2, 0.25) is 0 Å². The molecule has 1 aliphatic rings. The summed E-state index contributed by atoms with van der Waals surface area (Å²) in [5, 5.41) is 0. The fourth-order valence-corrected chi connectivity index (χ4v) is 3.09. The summed E-state index contributed by atoms with van der Waals surface area (Å²) in [5.41, 5.74) is 7.36. The average Bonchev–Trinajstić information content (AvgIpc) is 2.46. The molecule has 0 fully saturated rings. The zero-order valence-electron chi connectivity index (χ0n) is 13.1. The van der Waals surface area contributed by atoms with E-state index in [1.165, 1.54) is 6.42 Å². The van der Waals surface area contributed by atoms with Gasteiger partial charge in [0.1, 0.15) is 17.1 Å². The molecule has 3 nitrogen and oxygen atoms in total. The van der Waals surface area contributed by atoms with Gasteiger partial charge in [0.05, 0.1) is 7.11 Å². The van der Waals surface area contributed by atoms with E-state index in [1.54, 1.807) is 7.11 Å². The number of rotatable bonds is 5. The van der Waals surface area contributed by atoms with Crippen molar-refractivity contribution in [2.75, 3.05) is 7.11 Å². The molecule has 1 aromatic carbocycles. The van der Waals surface area contributed by atoms with Crippen LogP contribution in [0.3, 0.4) is 0 Å². The van der Waals surface area contributed by atoms with Gasteiger partial charge in [0.2, 0.25) is 0 Å². The SMILES string of the molecule is CCC(C)CC1(CC)CC(N)c2cc(OC)ccc2O1. The third-order valence-corrected chi connectivity index (χ3v) is 4.60. The van der Waals surface area contributed by atoms with E-state index in [0.717, 1.165) is 36.3 Å². The Morgan fingerprint density at radius 2 is 2.20 bits per heavy atom. The van der Waals surface area contributed by atoms with Crippen LogP contribution in [-0.4, -0.2) is 12.7 Å². The van der Waals surface area contributed by atoms with E-state index < -0.39 is 0 Å². The molecule has 2 N–H and O–H groups in total. The van der Waals surface area contributed by atoms with Crippen LogP contribution >= 0.6 is 0 Å². The molecule has 0 bridgehead atoms. The number of methoxy groups -OCH3 is 1. The summed E-state index contributed by atoms with van der Waals surface area (Å²) in [7, 11) is 1.68. The summed E-state index contributed by atoms with van der Waals surface area (Å²) in [6.07, 6.45) is 4.12. The van der Waals surface area contributed by atoms with Gasteiger partial charge in [-0.05, 0) is 37.0 Å². The van der Waals surface area contributed by atoms with E-state index in [4.69, 9.17) is 15.2 Å². The van der Waals surface area contributed by atoms with Crippen LogP contribution in [0.4, 0.5) is 0 Å². The molecule has 0 saturated carbocycles. The Labute approximate surface area is 122 Å². The standard InChI is InChI=1S/C17H27NO2/c1-5-12(3)10-17(6-2)11-15(18)14-9-13(19-4)7-8-16(14)20-17/h7-9,12,15H,5-6,10-11,18H2,1-4H3. The van der Waals surface area contributed by atoms with Gasteiger partial charge in [-0.15, -0.1) is 0 Å². The molecule has 3 unspecified atom stereocenters. The maximum absolute atomic E-state index is 6.40. The van der Waals surface area contributed by atoms with Crippen molar-refractivity contribution < 1.29 is 9.47 Å². The van der Waals surface area contributed by atoms with E-state index in [-0.39, 0.29) is 11.6 Å². The average molecular weight is 277 g/mol. The lowest BCUT2D eigenvalue weighted by Gasteiger charge is -2.42. The normalized spacial score (nSPS) is 26.6. The molecule has 0 saturated heterocycles. The molecule has 2 rings (SSSR count). The van der Waals surface area contributed by atoms with Crippen LogP contribution in [0.25, 0.3) is 0 Å². The van der Waals surface area contributed by atoms with Gasteiger partial charge in [0.25, 0.3) is 0 Å². The van der Waals surface area contributed by atoms with Crippen molar-refractivity contribution in [1.82, 2.24) is 0 Å². The fourth-order valence-electron chi connectivity index (χ4n) is 3.09. The number of ether oxygens (including phenoxy) is 2. The first-order valence-electron chi connectivity index (χ1n) is 7.66. The Morgan fingerprint density at radius 1 is 1.45 bits per heavy atom. The second kappa shape index (κ2) is 6.04. The van der Waals surface area contributed by atoms with Gasteiger partial charge in [0.15, 0.2) is 0 Å². The second-order valence-corrected chi connectivity index (χ2v) is 6.07. The molecule has 20 heavy (non-hydrogen) atoms. The van der Waals surface area contributed by atoms with Crippen LogP contribution in [0.1, 0.15) is 58.1 Å². The van der Waals surface area contributed by atoms with E-state index in [9.17, 15) is 0 Å². The van der Waals surface area contributed by atoms with Crippen molar-refractivity contribution in [3.63, 3.8) is 0 Å². The van der Waals surface area contributed by atoms with Gasteiger partial charge >= 0.3 is 0 Å². The predicted molar refractivity (Wildman–Crippen MR) is 82.3 cm³/mol. The predicted octanol–water partition coefficient (Wildman–Crippen LogP) is 4.06. The molecule has 0 radical (unpaired) electrons. The summed E-state index contributed by atoms with van der Waals surface area (Å²) < 4.78 is 11.7. The number of fused-ring (bicyclic) bond motifs is 1. The summed E-state index contributed by atoms with van der Waals surface area (Å²) in [6, 6.07) is 5.97.